The van der Waals surface area contributed by atoms with Gasteiger partial charge in [-0.3, -0.25) is 9.58 Å². The minimum absolute atomic E-state index is 0.0630. The number of methoxy groups -OCH3 is 1. The first-order valence-corrected chi connectivity index (χ1v) is 14.6. The molecule has 5 rings (SSSR count). The molecule has 0 atom stereocenters. The van der Waals surface area contributed by atoms with Gasteiger partial charge in [0.25, 0.3) is 0 Å². The van der Waals surface area contributed by atoms with Crippen LogP contribution in [0.25, 0.3) is 22.5 Å². The molecule has 0 aromatic carbocycles. The number of aryl methyl sites for hydroxylation is 1. The third-order valence-electron chi connectivity index (χ3n) is 7.30. The third-order valence-corrected chi connectivity index (χ3v) is 7.57. The van der Waals surface area contributed by atoms with Gasteiger partial charge in [0.05, 0.1) is 36.7 Å². The molecular weight excluding hydrogens is 584 g/mol. The molecule has 1 saturated carbocycles. The van der Waals surface area contributed by atoms with Crippen molar-refractivity contribution in [2.45, 2.75) is 51.6 Å². The fourth-order valence-corrected chi connectivity index (χ4v) is 5.31. The van der Waals surface area contributed by atoms with Crippen molar-refractivity contribution in [2.24, 2.45) is 13.0 Å². The number of hydrogen-bond acceptors (Lipinski definition) is 11. The molecule has 1 amide bonds. The molecule has 0 radical (unpaired) electrons. The fourth-order valence-electron chi connectivity index (χ4n) is 5.06. The molecule has 0 saturated heterocycles. The number of anilines is 2. The zero-order valence-electron chi connectivity index (χ0n) is 24.9. The van der Waals surface area contributed by atoms with E-state index < -0.39 is 6.09 Å². The van der Waals surface area contributed by atoms with Gasteiger partial charge in [0.15, 0.2) is 0 Å². The van der Waals surface area contributed by atoms with Gasteiger partial charge in [-0.25, -0.2) is 29.7 Å². The normalized spacial score (nSPS) is 16.3. The van der Waals surface area contributed by atoms with Gasteiger partial charge in [-0.05, 0) is 43.7 Å². The Morgan fingerprint density at radius 3 is 2.41 bits per heavy atom. The maximum atomic E-state index is 13.4. The number of ether oxygens (including phenoxy) is 2. The van der Waals surface area contributed by atoms with E-state index in [1.807, 2.05) is 26.0 Å². The zero-order valence-corrected chi connectivity index (χ0v) is 25.7. The van der Waals surface area contributed by atoms with Crippen molar-refractivity contribution < 1.29 is 14.3 Å². The van der Waals surface area contributed by atoms with Crippen LogP contribution in [0, 0.1) is 17.2 Å². The van der Waals surface area contributed by atoms with E-state index in [-0.39, 0.29) is 24.0 Å². The number of nitrogens with one attached hydrogen (secondary N) is 1. The number of rotatable bonds is 9. The van der Waals surface area contributed by atoms with Gasteiger partial charge in [0, 0.05) is 48.8 Å². The van der Waals surface area contributed by atoms with E-state index in [4.69, 9.17) is 21.1 Å². The number of carbonyl (C=O) groups is 1. The lowest BCUT2D eigenvalue weighted by Crippen LogP contribution is -2.45. The Labute approximate surface area is 260 Å². The molecule has 4 heterocycles. The lowest BCUT2D eigenvalue weighted by Gasteiger charge is -2.36. The van der Waals surface area contributed by atoms with Gasteiger partial charge in [-0.1, -0.05) is 25.4 Å². The summed E-state index contributed by atoms with van der Waals surface area (Å²) >= 11 is 6.33. The molecule has 1 fully saturated rings. The van der Waals surface area contributed by atoms with Crippen LogP contribution in [0.3, 0.4) is 0 Å². The molecule has 14 heteroatoms. The predicted molar refractivity (Wildman–Crippen MR) is 164 cm³/mol. The summed E-state index contributed by atoms with van der Waals surface area (Å²) in [7, 11) is 3.26. The van der Waals surface area contributed by atoms with Crippen molar-refractivity contribution in [1.29, 1.82) is 5.26 Å². The van der Waals surface area contributed by atoms with Crippen molar-refractivity contribution in [3.05, 3.63) is 53.7 Å². The zero-order chi connectivity index (χ0) is 31.2. The second-order valence-electron chi connectivity index (χ2n) is 10.9. The van der Waals surface area contributed by atoms with Crippen LogP contribution in [-0.4, -0.2) is 66.6 Å². The molecule has 44 heavy (non-hydrogen) atoms. The van der Waals surface area contributed by atoms with Crippen molar-refractivity contribution in [1.82, 2.24) is 34.7 Å². The minimum Gasteiger partial charge on any atom is -0.467 e. The van der Waals surface area contributed by atoms with Gasteiger partial charge < -0.3 is 14.8 Å². The Morgan fingerprint density at radius 2 is 1.82 bits per heavy atom. The second-order valence-corrected chi connectivity index (χ2v) is 11.3. The maximum Gasteiger partial charge on any atom is 0.415 e. The van der Waals surface area contributed by atoms with E-state index in [9.17, 15) is 10.1 Å². The van der Waals surface area contributed by atoms with Crippen molar-refractivity contribution in [3.63, 3.8) is 0 Å². The fraction of sp³-hybridized carbons (Fsp3) is 0.400. The molecule has 0 unspecified atom stereocenters. The van der Waals surface area contributed by atoms with Crippen LogP contribution in [0.1, 0.15) is 45.1 Å². The molecule has 0 aliphatic heterocycles. The highest BCUT2D eigenvalue weighted by molar-refractivity contribution is 6.33. The molecule has 4 aromatic rings. The Balaban J connectivity index is 1.30. The number of aromatic nitrogens is 7. The summed E-state index contributed by atoms with van der Waals surface area (Å²) in [5.74, 6) is 1.11. The summed E-state index contributed by atoms with van der Waals surface area (Å²) in [6.45, 7) is 4.31. The number of halogens is 1. The number of hydrogen-bond donors (Lipinski definition) is 1. The first-order valence-electron chi connectivity index (χ1n) is 14.3. The van der Waals surface area contributed by atoms with E-state index >= 15 is 0 Å². The molecule has 4 aromatic heterocycles. The van der Waals surface area contributed by atoms with Crippen LogP contribution >= 0.6 is 11.6 Å². The van der Waals surface area contributed by atoms with Gasteiger partial charge in [0.1, 0.15) is 23.3 Å². The van der Waals surface area contributed by atoms with Crippen molar-refractivity contribution in [3.8, 4) is 34.6 Å². The largest absolute Gasteiger partial charge is 0.467 e. The lowest BCUT2D eigenvalue weighted by atomic mass is 9.90. The molecule has 1 N–H and O–H groups in total. The van der Waals surface area contributed by atoms with Gasteiger partial charge in [0.2, 0.25) is 5.95 Å². The van der Waals surface area contributed by atoms with Crippen LogP contribution in [0.4, 0.5) is 16.6 Å². The average Bonchev–Trinajstić information content (AvgIpc) is 3.38. The van der Waals surface area contributed by atoms with Crippen molar-refractivity contribution >= 4 is 29.5 Å². The Kier molecular flexibility index (Phi) is 9.50. The number of pyridine rings is 1. The standard InChI is InChI=1S/C30H33ClN10O3/c1-18(2)17-44-30(42)41(25-10-5-19(12-33-25)21-14-35-29(43-4)36-15-21)23-8-6-22(7-9-23)38-28-34-13-20(11-32)26(39-28)27-24(31)16-37-40(27)3/h5,10,12-16,18,22-23H,6-9,17H2,1-4H3,(H,34,38,39). The summed E-state index contributed by atoms with van der Waals surface area (Å²) in [5, 5.41) is 17.6. The summed E-state index contributed by atoms with van der Waals surface area (Å²) in [6.07, 6.45) is 10.5. The molecule has 1 aliphatic carbocycles. The van der Waals surface area contributed by atoms with E-state index in [1.165, 1.54) is 19.5 Å². The van der Waals surface area contributed by atoms with Crippen molar-refractivity contribution in [2.75, 3.05) is 23.9 Å². The second kappa shape index (κ2) is 13.6. The molecule has 1 aliphatic rings. The smallest absolute Gasteiger partial charge is 0.415 e. The molecular formula is C30H33ClN10O3. The molecule has 228 valence electrons. The monoisotopic (exact) mass is 616 g/mol. The number of nitriles is 1. The lowest BCUT2D eigenvalue weighted by molar-refractivity contribution is 0.135. The maximum absolute atomic E-state index is 13.4. The van der Waals surface area contributed by atoms with Gasteiger partial charge in [-0.15, -0.1) is 0 Å². The molecule has 0 bridgehead atoms. The highest BCUT2D eigenvalue weighted by atomic mass is 35.5. The van der Waals surface area contributed by atoms with Crippen LogP contribution in [0.15, 0.2) is 43.1 Å². The van der Waals surface area contributed by atoms with Crippen LogP contribution < -0.4 is 15.0 Å². The Bertz CT molecular complexity index is 1610. The number of amides is 1. The third kappa shape index (κ3) is 6.86. The van der Waals surface area contributed by atoms with Gasteiger partial charge in [-0.2, -0.15) is 10.4 Å². The Hall–Kier alpha value is -4.83. The highest BCUT2D eigenvalue weighted by Gasteiger charge is 2.32. The SMILES string of the molecule is COc1ncc(-c2ccc(N(C(=O)OCC(C)C)C3CCC(Nc4ncc(C#N)c(-c5c(Cl)cnn5C)n4)CC3)nc2)cn1. The Morgan fingerprint density at radius 1 is 1.09 bits per heavy atom. The van der Waals surface area contributed by atoms with Crippen LogP contribution in [0.5, 0.6) is 6.01 Å². The topological polar surface area (TPSA) is 157 Å². The number of carbonyl (C=O) groups excluding carboxylic acids is 1. The van der Waals surface area contributed by atoms with E-state index in [0.29, 0.717) is 53.2 Å². The minimum atomic E-state index is -0.420. The summed E-state index contributed by atoms with van der Waals surface area (Å²) < 4.78 is 12.3. The number of nitrogens with zero attached hydrogens (tertiary/aromatic N) is 9. The first-order chi connectivity index (χ1) is 21.3. The van der Waals surface area contributed by atoms with E-state index in [2.05, 4.69) is 41.4 Å². The first kappa shape index (κ1) is 30.6. The quantitative estimate of drug-likeness (QED) is 0.261. The summed E-state index contributed by atoms with van der Waals surface area (Å²) in [6, 6.07) is 6.07. The van der Waals surface area contributed by atoms with E-state index in [0.717, 1.165) is 24.0 Å². The molecule has 13 nitrogen and oxygen atoms in total. The summed E-state index contributed by atoms with van der Waals surface area (Å²) in [5.41, 5.74) is 2.86. The van der Waals surface area contributed by atoms with Crippen LogP contribution in [0.2, 0.25) is 5.02 Å². The average molecular weight is 617 g/mol. The van der Waals surface area contributed by atoms with Crippen LogP contribution in [-0.2, 0) is 11.8 Å². The highest BCUT2D eigenvalue weighted by Crippen LogP contribution is 2.32. The predicted octanol–water partition coefficient (Wildman–Crippen LogP) is 5.29. The van der Waals surface area contributed by atoms with E-state index in [1.54, 1.807) is 35.2 Å². The van der Waals surface area contributed by atoms with Gasteiger partial charge >= 0.3 is 12.1 Å². The molecule has 0 spiro atoms. The summed E-state index contributed by atoms with van der Waals surface area (Å²) in [4.78, 5) is 36.9.